The van der Waals surface area contributed by atoms with Crippen LogP contribution < -0.4 is 0 Å². The molecule has 1 unspecified atom stereocenters. The van der Waals surface area contributed by atoms with E-state index in [0.717, 1.165) is 0 Å². The van der Waals surface area contributed by atoms with Crippen molar-refractivity contribution in [2.75, 3.05) is 0 Å². The van der Waals surface area contributed by atoms with Gasteiger partial charge in [0.2, 0.25) is 0 Å². The highest BCUT2D eigenvalue weighted by molar-refractivity contribution is 8.08. The van der Waals surface area contributed by atoms with Gasteiger partial charge in [-0.25, -0.2) is 8.88 Å². The average Bonchev–Trinajstić information content (AvgIpc) is 1.48. The summed E-state index contributed by atoms with van der Waals surface area (Å²) in [6, 6.07) is 0. The van der Waals surface area contributed by atoms with E-state index in [1.54, 1.807) is 13.8 Å². The maximum atomic E-state index is 10.2. The van der Waals surface area contributed by atoms with Crippen molar-refractivity contribution in [3.05, 3.63) is 0 Å². The Kier molecular flexibility index (Phi) is 4.50. The zero-order valence-electron chi connectivity index (χ0n) is 6.45. The van der Waals surface area contributed by atoms with Gasteiger partial charge in [0.25, 0.3) is 0 Å². The SMILES string of the molecule is CC(C)OP(O)(=S)OP(=O)(O)O. The fourth-order valence-corrected chi connectivity index (χ4v) is 3.48. The summed E-state index contributed by atoms with van der Waals surface area (Å²) in [4.78, 5) is 25.6. The van der Waals surface area contributed by atoms with Crippen molar-refractivity contribution in [2.45, 2.75) is 20.0 Å². The molecule has 0 aliphatic carbocycles. The van der Waals surface area contributed by atoms with Gasteiger partial charge in [-0.2, -0.15) is 0 Å². The van der Waals surface area contributed by atoms with E-state index in [9.17, 15) is 4.57 Å². The molecule has 12 heavy (non-hydrogen) atoms. The monoisotopic (exact) mass is 236 g/mol. The summed E-state index contributed by atoms with van der Waals surface area (Å²) >= 11 is 4.30. The van der Waals surface area contributed by atoms with Gasteiger partial charge in [-0.15, -0.1) is 0 Å². The minimum Gasteiger partial charge on any atom is -0.324 e. The van der Waals surface area contributed by atoms with Crippen LogP contribution in [0.3, 0.4) is 0 Å². The van der Waals surface area contributed by atoms with Gasteiger partial charge in [-0.1, -0.05) is 0 Å². The van der Waals surface area contributed by atoms with Crippen molar-refractivity contribution in [1.82, 2.24) is 0 Å². The second-order valence-corrected chi connectivity index (χ2v) is 6.36. The lowest BCUT2D eigenvalue weighted by molar-refractivity contribution is 0.184. The van der Waals surface area contributed by atoms with E-state index in [4.69, 9.17) is 14.7 Å². The maximum absolute atomic E-state index is 10.2. The first-order chi connectivity index (χ1) is 5.12. The van der Waals surface area contributed by atoms with Crippen LogP contribution in [0.5, 0.6) is 0 Å². The topological polar surface area (TPSA) is 96.2 Å². The van der Waals surface area contributed by atoms with Crippen molar-refractivity contribution >= 4 is 26.3 Å². The van der Waals surface area contributed by atoms with Crippen molar-refractivity contribution in [2.24, 2.45) is 0 Å². The van der Waals surface area contributed by atoms with Crippen LogP contribution in [0, 0.1) is 0 Å². The fraction of sp³-hybridized carbons (Fsp3) is 1.00. The molecule has 0 heterocycles. The molecule has 0 aliphatic rings. The molecule has 0 aliphatic heterocycles. The second-order valence-electron chi connectivity index (χ2n) is 2.19. The Bertz CT molecular complexity index is 233. The molecule has 1 atom stereocenters. The van der Waals surface area contributed by atoms with Crippen molar-refractivity contribution in [3.8, 4) is 0 Å². The van der Waals surface area contributed by atoms with Gasteiger partial charge in [0.15, 0.2) is 0 Å². The second kappa shape index (κ2) is 4.26. The van der Waals surface area contributed by atoms with E-state index in [1.807, 2.05) is 0 Å². The molecule has 0 rings (SSSR count). The van der Waals surface area contributed by atoms with Crippen molar-refractivity contribution < 1.29 is 28.1 Å². The summed E-state index contributed by atoms with van der Waals surface area (Å²) in [5, 5.41) is 0. The maximum Gasteiger partial charge on any atom is 0.476 e. The molecule has 0 bridgehead atoms. The molecule has 0 aromatic carbocycles. The predicted octanol–water partition coefficient (Wildman–Crippen LogP) is 0.737. The molecule has 9 heteroatoms. The molecule has 74 valence electrons. The molecule has 3 N–H and O–H groups in total. The molecule has 0 saturated carbocycles. The van der Waals surface area contributed by atoms with Gasteiger partial charge < -0.3 is 19.2 Å². The summed E-state index contributed by atoms with van der Waals surface area (Å²) < 4.78 is 18.7. The molecule has 0 aromatic rings. The smallest absolute Gasteiger partial charge is 0.324 e. The van der Waals surface area contributed by atoms with E-state index < -0.39 is 20.6 Å². The van der Waals surface area contributed by atoms with E-state index in [1.165, 1.54) is 0 Å². The van der Waals surface area contributed by atoms with E-state index in [-0.39, 0.29) is 0 Å². The van der Waals surface area contributed by atoms with Gasteiger partial charge in [-0.3, -0.25) is 0 Å². The van der Waals surface area contributed by atoms with Crippen LogP contribution in [-0.2, 0) is 25.2 Å². The van der Waals surface area contributed by atoms with Crippen LogP contribution in [0.25, 0.3) is 0 Å². The number of phosphoric acid groups is 1. The standard InChI is InChI=1S/C3H10O6P2S/c1-3(2)8-11(7,12)9-10(4,5)6/h3H,1-2H3,(H,7,12)(H2,4,5,6). The van der Waals surface area contributed by atoms with E-state index >= 15 is 0 Å². The Morgan fingerprint density at radius 1 is 1.33 bits per heavy atom. The molecule has 0 aromatic heterocycles. The van der Waals surface area contributed by atoms with Crippen LogP contribution in [-0.4, -0.2) is 20.8 Å². The summed E-state index contributed by atoms with van der Waals surface area (Å²) in [6.45, 7) is -0.688. The summed E-state index contributed by atoms with van der Waals surface area (Å²) in [7, 11) is -4.77. The molecule has 0 amide bonds. The molecule has 6 nitrogen and oxygen atoms in total. The van der Waals surface area contributed by atoms with Gasteiger partial charge in [0.05, 0.1) is 6.10 Å². The third-order valence-corrected chi connectivity index (χ3v) is 3.78. The number of hydrogen-bond acceptors (Lipinski definition) is 4. The van der Waals surface area contributed by atoms with Crippen LogP contribution in [0.15, 0.2) is 0 Å². The molecular weight excluding hydrogens is 226 g/mol. The molecule has 0 spiro atoms. The molecule has 0 saturated heterocycles. The summed E-state index contributed by atoms with van der Waals surface area (Å²) in [6.07, 6.45) is -0.451. The van der Waals surface area contributed by atoms with Crippen LogP contribution in [0.1, 0.15) is 13.8 Å². The predicted molar refractivity (Wildman–Crippen MR) is 45.9 cm³/mol. The summed E-state index contributed by atoms with van der Waals surface area (Å²) in [5.41, 5.74) is 0. The zero-order chi connectivity index (χ0) is 9.99. The Labute approximate surface area is 75.0 Å². The normalized spacial score (nSPS) is 17.8. The van der Waals surface area contributed by atoms with Crippen molar-refractivity contribution in [1.29, 1.82) is 0 Å². The lowest BCUT2D eigenvalue weighted by Crippen LogP contribution is -2.01. The molecule has 0 fully saturated rings. The number of hydrogen-bond donors (Lipinski definition) is 3. The van der Waals surface area contributed by atoms with Gasteiger partial charge >= 0.3 is 14.5 Å². The first kappa shape index (κ1) is 12.7. The van der Waals surface area contributed by atoms with E-state index in [0.29, 0.717) is 0 Å². The highest BCUT2D eigenvalue weighted by atomic mass is 32.5. The lowest BCUT2D eigenvalue weighted by Gasteiger charge is -2.17. The van der Waals surface area contributed by atoms with Gasteiger partial charge in [0, 0.05) is 0 Å². The van der Waals surface area contributed by atoms with E-state index in [2.05, 4.69) is 20.6 Å². The Hall–Kier alpha value is 0.680. The third kappa shape index (κ3) is 7.34. The Morgan fingerprint density at radius 3 is 2.00 bits per heavy atom. The number of rotatable bonds is 4. The Morgan fingerprint density at radius 2 is 1.75 bits per heavy atom. The van der Waals surface area contributed by atoms with Crippen LogP contribution in [0.4, 0.5) is 0 Å². The first-order valence-electron chi connectivity index (χ1n) is 2.90. The largest absolute Gasteiger partial charge is 0.476 e. The molecule has 0 radical (unpaired) electrons. The quantitative estimate of drug-likeness (QED) is 0.619. The van der Waals surface area contributed by atoms with Crippen LogP contribution >= 0.6 is 14.5 Å². The minimum atomic E-state index is -4.77. The third-order valence-electron chi connectivity index (χ3n) is 0.554. The Balaban J connectivity index is 4.25. The van der Waals surface area contributed by atoms with Crippen LogP contribution in [0.2, 0.25) is 0 Å². The molecular formula is C3H10O6P2S. The average molecular weight is 236 g/mol. The van der Waals surface area contributed by atoms with Crippen molar-refractivity contribution in [3.63, 3.8) is 0 Å². The first-order valence-corrected chi connectivity index (χ1v) is 7.02. The summed E-state index contributed by atoms with van der Waals surface area (Å²) in [5.74, 6) is 0. The zero-order valence-corrected chi connectivity index (χ0v) is 9.05. The minimum absolute atomic E-state index is 0.451. The van der Waals surface area contributed by atoms with Gasteiger partial charge in [-0.05, 0) is 25.7 Å². The van der Waals surface area contributed by atoms with Gasteiger partial charge in [0.1, 0.15) is 0 Å². The fourth-order valence-electron chi connectivity index (χ4n) is 0.420. The highest BCUT2D eigenvalue weighted by Gasteiger charge is 2.28. The highest BCUT2D eigenvalue weighted by Crippen LogP contribution is 2.58. The lowest BCUT2D eigenvalue weighted by atomic mass is 10.5.